The number of fused-ring (bicyclic) bond motifs is 3. The molecule has 0 saturated carbocycles. The lowest BCUT2D eigenvalue weighted by Crippen LogP contribution is -2.69. The Hall–Kier alpha value is -5.69. The molecule has 6 aliphatic heterocycles. The first-order valence-electron chi connectivity index (χ1n) is 21.3. The number of carbonyl (C=O) groups is 4. The second-order valence-electron chi connectivity index (χ2n) is 16.9. The number of benzene rings is 4. The van der Waals surface area contributed by atoms with E-state index in [9.17, 15) is 29.4 Å². The van der Waals surface area contributed by atoms with Crippen molar-refractivity contribution in [1.82, 2.24) is 20.0 Å². The van der Waals surface area contributed by atoms with Crippen molar-refractivity contribution < 1.29 is 34.1 Å². The third-order valence-corrected chi connectivity index (χ3v) is 13.2. The second kappa shape index (κ2) is 17.4. The fourth-order valence-corrected chi connectivity index (χ4v) is 10.2. The third-order valence-electron chi connectivity index (χ3n) is 13.1. The van der Waals surface area contributed by atoms with Crippen molar-refractivity contribution >= 4 is 52.1 Å². The Bertz CT molecular complexity index is 2330. The molecule has 6 heterocycles. The summed E-state index contributed by atoms with van der Waals surface area (Å²) in [4.78, 5) is 59.3. The van der Waals surface area contributed by atoms with Crippen molar-refractivity contribution in [1.29, 1.82) is 0 Å². The van der Waals surface area contributed by atoms with Crippen LogP contribution in [0.1, 0.15) is 75.9 Å². The van der Waals surface area contributed by atoms with Crippen molar-refractivity contribution in [2.45, 2.75) is 56.7 Å². The molecule has 4 aromatic carbocycles. The Morgan fingerprint density at radius 1 is 0.738 bits per heavy atom. The van der Waals surface area contributed by atoms with Crippen LogP contribution in [0.3, 0.4) is 0 Å². The van der Waals surface area contributed by atoms with E-state index in [1.54, 1.807) is 30.3 Å². The number of nitrogens with one attached hydrogen (secondary N) is 1. The number of hydrogen-bond acceptors (Lipinski definition) is 10. The van der Waals surface area contributed by atoms with Gasteiger partial charge in [0.15, 0.2) is 0 Å². The van der Waals surface area contributed by atoms with Crippen LogP contribution in [0.2, 0.25) is 0 Å². The number of imide groups is 2. The molecule has 3 atom stereocenters. The van der Waals surface area contributed by atoms with Crippen molar-refractivity contribution in [3.05, 3.63) is 119 Å². The number of carbonyl (C=O) groups excluding carboxylic acids is 4. The van der Waals surface area contributed by atoms with Crippen LogP contribution in [-0.2, 0) is 9.59 Å². The summed E-state index contributed by atoms with van der Waals surface area (Å²) in [5.74, 6) is 0.347. The van der Waals surface area contributed by atoms with Crippen molar-refractivity contribution in [2.75, 3.05) is 56.7 Å². The Balaban J connectivity index is 0.750. The molecule has 12 nitrogen and oxygen atoms in total. The molecule has 3 N–H and O–H groups in total. The first kappa shape index (κ1) is 40.7. The van der Waals surface area contributed by atoms with Gasteiger partial charge in [-0.15, -0.1) is 11.6 Å². The number of phenols is 2. The first-order valence-corrected chi connectivity index (χ1v) is 21.9. The average molecular weight is 844 g/mol. The van der Waals surface area contributed by atoms with Crippen LogP contribution in [0.4, 0.5) is 5.69 Å². The largest absolute Gasteiger partial charge is 0.508 e. The SMILES string of the molecule is O=C1CCC(N2C(=O)c3ccc(N4C5CC4CN(CC4CCN(CCOc6ccc(C(=C(CCCl)c7ccc(O)cc7)c7ccc(O)cc7)cc6)CC4)C5)cc3C2=O)C(=O)N1. The molecule has 0 aromatic heterocycles. The Morgan fingerprint density at radius 3 is 2.00 bits per heavy atom. The van der Waals surface area contributed by atoms with Crippen molar-refractivity contribution in [3.8, 4) is 17.2 Å². The fraction of sp³-hybridized carbons (Fsp3) is 0.375. The number of phenolic OH excluding ortho intramolecular Hbond substituents is 2. The molecule has 61 heavy (non-hydrogen) atoms. The highest BCUT2D eigenvalue weighted by molar-refractivity contribution is 6.24. The number of amides is 4. The normalized spacial score (nSPS) is 22.5. The molecule has 5 saturated heterocycles. The van der Waals surface area contributed by atoms with Crippen LogP contribution in [0, 0.1) is 5.92 Å². The van der Waals surface area contributed by atoms with Crippen LogP contribution in [0.25, 0.3) is 11.1 Å². The summed E-state index contributed by atoms with van der Waals surface area (Å²) in [6.07, 6.45) is 4.26. The molecule has 2 bridgehead atoms. The summed E-state index contributed by atoms with van der Waals surface area (Å²) >= 11 is 6.31. The van der Waals surface area contributed by atoms with E-state index in [4.69, 9.17) is 16.3 Å². The summed E-state index contributed by atoms with van der Waals surface area (Å²) in [5.41, 5.74) is 6.58. The molecule has 6 aliphatic rings. The van der Waals surface area contributed by atoms with E-state index in [-0.39, 0.29) is 30.2 Å². The lowest BCUT2D eigenvalue weighted by atomic mass is 9.85. The highest BCUT2D eigenvalue weighted by Crippen LogP contribution is 2.41. The summed E-state index contributed by atoms with van der Waals surface area (Å²) in [7, 11) is 0. The van der Waals surface area contributed by atoms with Crippen LogP contribution in [-0.4, -0.2) is 118 Å². The predicted molar refractivity (Wildman–Crippen MR) is 233 cm³/mol. The Labute approximate surface area is 360 Å². The molecule has 0 radical (unpaired) electrons. The van der Waals surface area contributed by atoms with E-state index in [0.29, 0.717) is 48.0 Å². The number of ether oxygens (including phenoxy) is 1. The van der Waals surface area contributed by atoms with Gasteiger partial charge in [-0.2, -0.15) is 0 Å². The standard InChI is InChI=1S/C48H50ClN5O7/c49-20-17-40(31-1-8-37(55)9-2-31)45(32-3-10-38(56)11-4-32)33-5-12-39(13-6-33)61-24-23-51-21-18-30(19-22-51)27-52-28-35-25-36(29-52)53(35)34-7-14-41-42(26-34)48(60)54(47(41)59)43-15-16-44(57)50-46(43)58/h1-14,26,30,35-36,43,55-56H,15-25,27-29H2,(H,50,57,58). The van der Waals surface area contributed by atoms with E-state index >= 15 is 0 Å². The maximum Gasteiger partial charge on any atom is 0.262 e. The van der Waals surface area contributed by atoms with E-state index in [1.807, 2.05) is 48.5 Å². The number of piperazine rings is 1. The van der Waals surface area contributed by atoms with Gasteiger partial charge in [0.1, 0.15) is 29.9 Å². The summed E-state index contributed by atoms with van der Waals surface area (Å²) in [5, 5.41) is 22.2. The summed E-state index contributed by atoms with van der Waals surface area (Å²) in [6.45, 7) is 6.54. The van der Waals surface area contributed by atoms with Crippen LogP contribution >= 0.6 is 11.6 Å². The summed E-state index contributed by atoms with van der Waals surface area (Å²) in [6, 6.07) is 27.7. The van der Waals surface area contributed by atoms with Crippen LogP contribution in [0.15, 0.2) is 91.0 Å². The van der Waals surface area contributed by atoms with E-state index in [1.165, 1.54) is 0 Å². The molecular formula is C48H50ClN5O7. The quantitative estimate of drug-likeness (QED) is 0.0817. The zero-order valence-electron chi connectivity index (χ0n) is 34.0. The maximum atomic E-state index is 13.4. The van der Waals surface area contributed by atoms with Crippen LogP contribution in [0.5, 0.6) is 17.2 Å². The van der Waals surface area contributed by atoms with Gasteiger partial charge >= 0.3 is 0 Å². The highest BCUT2D eigenvalue weighted by Gasteiger charge is 2.48. The Morgan fingerprint density at radius 2 is 1.36 bits per heavy atom. The monoisotopic (exact) mass is 843 g/mol. The number of alkyl halides is 1. The number of halogens is 1. The molecule has 10 rings (SSSR count). The van der Waals surface area contributed by atoms with Crippen molar-refractivity contribution in [3.63, 3.8) is 0 Å². The van der Waals surface area contributed by atoms with Crippen LogP contribution < -0.4 is 15.0 Å². The minimum Gasteiger partial charge on any atom is -0.508 e. The highest BCUT2D eigenvalue weighted by atomic mass is 35.5. The maximum absolute atomic E-state index is 13.4. The lowest BCUT2D eigenvalue weighted by molar-refractivity contribution is -0.136. The predicted octanol–water partition coefficient (Wildman–Crippen LogP) is 6.14. The number of allylic oxidation sites excluding steroid dienone is 1. The molecule has 316 valence electrons. The molecule has 4 aromatic rings. The first-order chi connectivity index (χ1) is 29.6. The molecule has 0 spiro atoms. The van der Waals surface area contributed by atoms with Gasteiger partial charge in [0.05, 0.1) is 11.1 Å². The molecular weight excluding hydrogens is 794 g/mol. The third kappa shape index (κ3) is 8.36. The number of aromatic hydroxyl groups is 2. The lowest BCUT2D eigenvalue weighted by Gasteiger charge is -2.58. The Kier molecular flexibility index (Phi) is 11.6. The zero-order chi connectivity index (χ0) is 42.2. The van der Waals surface area contributed by atoms with Gasteiger partial charge in [0, 0.05) is 56.3 Å². The molecule has 4 amide bonds. The van der Waals surface area contributed by atoms with Gasteiger partial charge in [-0.05, 0) is 134 Å². The topological polar surface area (TPSA) is 143 Å². The molecule has 13 heteroatoms. The minimum atomic E-state index is -0.966. The van der Waals surface area contributed by atoms with Crippen molar-refractivity contribution in [2.24, 2.45) is 5.92 Å². The minimum absolute atomic E-state index is 0.0979. The fourth-order valence-electron chi connectivity index (χ4n) is 9.97. The van der Waals surface area contributed by atoms with Gasteiger partial charge in [-0.25, -0.2) is 0 Å². The van der Waals surface area contributed by atoms with E-state index in [2.05, 4.69) is 32.1 Å². The zero-order valence-corrected chi connectivity index (χ0v) is 34.7. The number of likely N-dealkylation sites (tertiary alicyclic amines) is 1. The van der Waals surface area contributed by atoms with Gasteiger partial charge in [0.2, 0.25) is 11.8 Å². The summed E-state index contributed by atoms with van der Waals surface area (Å²) < 4.78 is 6.24. The second-order valence-corrected chi connectivity index (χ2v) is 17.3. The molecule has 0 aliphatic carbocycles. The van der Waals surface area contributed by atoms with Gasteiger partial charge in [0.25, 0.3) is 11.8 Å². The van der Waals surface area contributed by atoms with E-state index < -0.39 is 23.8 Å². The number of nitrogens with zero attached hydrogens (tertiary/aromatic N) is 4. The number of anilines is 1. The number of hydrogen-bond donors (Lipinski definition) is 3. The van der Waals surface area contributed by atoms with E-state index in [0.717, 1.165) is 103 Å². The van der Waals surface area contributed by atoms with Gasteiger partial charge in [-0.1, -0.05) is 36.4 Å². The van der Waals surface area contributed by atoms with Gasteiger partial charge in [-0.3, -0.25) is 39.2 Å². The molecule has 5 fully saturated rings. The molecule has 3 unspecified atom stereocenters. The number of rotatable bonds is 13. The average Bonchev–Trinajstić information content (AvgIpc) is 3.50. The number of piperidine rings is 3. The smallest absolute Gasteiger partial charge is 0.262 e. The van der Waals surface area contributed by atoms with Gasteiger partial charge < -0.3 is 19.8 Å².